The number of aromatic amines is 1. The Kier molecular flexibility index (Phi) is 4.78. The summed E-state index contributed by atoms with van der Waals surface area (Å²) >= 11 is 0. The largest absolute Gasteiger partial charge is 0.396 e. The van der Waals surface area contributed by atoms with Crippen molar-refractivity contribution in [3.05, 3.63) is 51.7 Å². The van der Waals surface area contributed by atoms with Crippen molar-refractivity contribution in [2.75, 3.05) is 18.5 Å². The number of hydrogen-bond acceptors (Lipinski definition) is 5. The third-order valence-electron chi connectivity index (χ3n) is 2.68. The molecule has 0 atom stereocenters. The Morgan fingerprint density at radius 1 is 1.25 bits per heavy atom. The van der Waals surface area contributed by atoms with Crippen LogP contribution in [0.25, 0.3) is 0 Å². The Morgan fingerprint density at radius 3 is 2.65 bits per heavy atom. The molecule has 0 radical (unpaired) electrons. The van der Waals surface area contributed by atoms with Crippen LogP contribution in [0, 0.1) is 5.82 Å². The second kappa shape index (κ2) is 6.76. The molecule has 6 nitrogen and oxygen atoms in total. The summed E-state index contributed by atoms with van der Waals surface area (Å²) in [5, 5.41) is 19.2. The fourth-order valence-electron chi connectivity index (χ4n) is 1.64. The van der Waals surface area contributed by atoms with E-state index in [-0.39, 0.29) is 29.6 Å². The molecule has 0 saturated heterocycles. The lowest BCUT2D eigenvalue weighted by Crippen LogP contribution is -2.20. The van der Waals surface area contributed by atoms with Crippen LogP contribution in [-0.4, -0.2) is 33.4 Å². The number of aliphatic hydroxyl groups excluding tert-OH is 1. The molecule has 3 N–H and O–H groups in total. The van der Waals surface area contributed by atoms with Gasteiger partial charge in [-0.15, -0.1) is 10.2 Å². The quantitative estimate of drug-likeness (QED) is 0.676. The standard InChI is InChI=1S/C13H15FN4O2/c14-10-4-2-9(3-5-10)8-11-12(20)16-13(18-17-11)15-6-1-7-19/h2-5,19H,1,6-8H2,(H2,15,16,18,20). The van der Waals surface area contributed by atoms with E-state index >= 15 is 0 Å². The minimum absolute atomic E-state index is 0.0628. The average molecular weight is 278 g/mol. The number of nitrogens with one attached hydrogen (secondary N) is 2. The molecular weight excluding hydrogens is 263 g/mol. The molecule has 106 valence electrons. The molecular formula is C13H15FN4O2. The molecule has 20 heavy (non-hydrogen) atoms. The van der Waals surface area contributed by atoms with Gasteiger partial charge < -0.3 is 10.4 Å². The highest BCUT2D eigenvalue weighted by atomic mass is 19.1. The highest BCUT2D eigenvalue weighted by Gasteiger charge is 2.06. The average Bonchev–Trinajstić information content (AvgIpc) is 2.44. The summed E-state index contributed by atoms with van der Waals surface area (Å²) in [5.74, 6) is -0.0523. The van der Waals surface area contributed by atoms with E-state index in [2.05, 4.69) is 20.5 Å². The van der Waals surface area contributed by atoms with Gasteiger partial charge in [0, 0.05) is 19.6 Å². The molecule has 0 aliphatic rings. The van der Waals surface area contributed by atoms with E-state index in [4.69, 9.17) is 5.11 Å². The number of benzene rings is 1. The summed E-state index contributed by atoms with van der Waals surface area (Å²) in [7, 11) is 0. The molecule has 0 unspecified atom stereocenters. The Morgan fingerprint density at radius 2 is 2.00 bits per heavy atom. The third kappa shape index (κ3) is 3.86. The molecule has 2 rings (SSSR count). The van der Waals surface area contributed by atoms with Crippen LogP contribution < -0.4 is 10.9 Å². The predicted octanol–water partition coefficient (Wildman–Crippen LogP) is 0.689. The zero-order valence-corrected chi connectivity index (χ0v) is 10.8. The van der Waals surface area contributed by atoms with E-state index < -0.39 is 0 Å². The molecule has 1 heterocycles. The Labute approximate surface area is 114 Å². The monoisotopic (exact) mass is 278 g/mol. The lowest BCUT2D eigenvalue weighted by Gasteiger charge is -2.04. The maximum Gasteiger partial charge on any atom is 0.274 e. The van der Waals surface area contributed by atoms with E-state index in [1.165, 1.54) is 12.1 Å². The third-order valence-corrected chi connectivity index (χ3v) is 2.68. The zero-order chi connectivity index (χ0) is 14.4. The Bertz CT molecular complexity index is 613. The number of rotatable bonds is 6. The number of aromatic nitrogens is 3. The first-order valence-electron chi connectivity index (χ1n) is 6.24. The Hall–Kier alpha value is -2.28. The predicted molar refractivity (Wildman–Crippen MR) is 72.1 cm³/mol. The van der Waals surface area contributed by atoms with Crippen LogP contribution in [0.15, 0.2) is 29.1 Å². The smallest absolute Gasteiger partial charge is 0.274 e. The number of aliphatic hydroxyl groups is 1. The van der Waals surface area contributed by atoms with E-state index in [9.17, 15) is 9.18 Å². The molecule has 1 aromatic heterocycles. The minimum atomic E-state index is -0.337. The van der Waals surface area contributed by atoms with Crippen LogP contribution in [0.5, 0.6) is 0 Å². The van der Waals surface area contributed by atoms with Crippen LogP contribution in [0.4, 0.5) is 10.3 Å². The Balaban J connectivity index is 2.06. The molecule has 7 heteroatoms. The minimum Gasteiger partial charge on any atom is -0.396 e. The molecule has 0 fully saturated rings. The fourth-order valence-corrected chi connectivity index (χ4v) is 1.64. The first-order valence-corrected chi connectivity index (χ1v) is 6.24. The van der Waals surface area contributed by atoms with E-state index in [1.807, 2.05) is 0 Å². The fraction of sp³-hybridized carbons (Fsp3) is 0.308. The van der Waals surface area contributed by atoms with Gasteiger partial charge in [0.2, 0.25) is 5.95 Å². The first-order chi connectivity index (χ1) is 9.69. The highest BCUT2D eigenvalue weighted by molar-refractivity contribution is 5.24. The summed E-state index contributed by atoms with van der Waals surface area (Å²) in [4.78, 5) is 14.4. The molecule has 0 amide bonds. The highest BCUT2D eigenvalue weighted by Crippen LogP contribution is 2.06. The van der Waals surface area contributed by atoms with Crippen molar-refractivity contribution in [2.24, 2.45) is 0 Å². The summed E-state index contributed by atoms with van der Waals surface area (Å²) in [6, 6.07) is 5.87. The molecule has 0 saturated carbocycles. The van der Waals surface area contributed by atoms with Crippen molar-refractivity contribution in [1.82, 2.24) is 15.2 Å². The van der Waals surface area contributed by atoms with Gasteiger partial charge in [0.05, 0.1) is 0 Å². The second-order valence-corrected chi connectivity index (χ2v) is 4.26. The van der Waals surface area contributed by atoms with E-state index in [0.29, 0.717) is 19.4 Å². The topological polar surface area (TPSA) is 90.9 Å². The molecule has 2 aromatic rings. The molecule has 1 aromatic carbocycles. The van der Waals surface area contributed by atoms with Gasteiger partial charge in [-0.2, -0.15) is 0 Å². The zero-order valence-electron chi connectivity index (χ0n) is 10.8. The number of hydrogen-bond donors (Lipinski definition) is 3. The van der Waals surface area contributed by atoms with Gasteiger partial charge in [0.1, 0.15) is 11.5 Å². The number of H-pyrrole nitrogens is 1. The van der Waals surface area contributed by atoms with Crippen LogP contribution in [0.2, 0.25) is 0 Å². The van der Waals surface area contributed by atoms with Crippen LogP contribution in [-0.2, 0) is 6.42 Å². The van der Waals surface area contributed by atoms with Crippen LogP contribution in [0.1, 0.15) is 17.7 Å². The number of anilines is 1. The summed E-state index contributed by atoms with van der Waals surface area (Å²) in [5.41, 5.74) is 0.715. The van der Waals surface area contributed by atoms with Gasteiger partial charge in [-0.1, -0.05) is 12.1 Å². The van der Waals surface area contributed by atoms with Crippen molar-refractivity contribution in [3.8, 4) is 0 Å². The van der Waals surface area contributed by atoms with Crippen LogP contribution >= 0.6 is 0 Å². The van der Waals surface area contributed by atoms with Gasteiger partial charge in [0.25, 0.3) is 5.56 Å². The summed E-state index contributed by atoms with van der Waals surface area (Å²) in [6.45, 7) is 0.561. The maximum atomic E-state index is 12.8. The number of halogens is 1. The van der Waals surface area contributed by atoms with Crippen molar-refractivity contribution in [3.63, 3.8) is 0 Å². The SMILES string of the molecule is O=c1[nH]c(NCCCO)nnc1Cc1ccc(F)cc1. The lowest BCUT2D eigenvalue weighted by atomic mass is 10.1. The van der Waals surface area contributed by atoms with Gasteiger partial charge in [-0.3, -0.25) is 9.78 Å². The van der Waals surface area contributed by atoms with E-state index in [1.54, 1.807) is 12.1 Å². The first kappa shape index (κ1) is 14.1. The molecule has 0 aliphatic carbocycles. The molecule has 0 bridgehead atoms. The van der Waals surface area contributed by atoms with Gasteiger partial charge >= 0.3 is 0 Å². The number of nitrogens with zero attached hydrogens (tertiary/aromatic N) is 2. The van der Waals surface area contributed by atoms with E-state index in [0.717, 1.165) is 5.56 Å². The van der Waals surface area contributed by atoms with Gasteiger partial charge in [0.15, 0.2) is 0 Å². The van der Waals surface area contributed by atoms with Crippen molar-refractivity contribution in [2.45, 2.75) is 12.8 Å². The van der Waals surface area contributed by atoms with Crippen molar-refractivity contribution >= 4 is 5.95 Å². The lowest BCUT2D eigenvalue weighted by molar-refractivity contribution is 0.292. The van der Waals surface area contributed by atoms with Gasteiger partial charge in [-0.05, 0) is 24.1 Å². The van der Waals surface area contributed by atoms with Crippen molar-refractivity contribution in [1.29, 1.82) is 0 Å². The molecule has 0 aliphatic heterocycles. The molecule has 0 spiro atoms. The van der Waals surface area contributed by atoms with Gasteiger partial charge in [-0.25, -0.2) is 4.39 Å². The second-order valence-electron chi connectivity index (χ2n) is 4.26. The van der Waals surface area contributed by atoms with Crippen LogP contribution in [0.3, 0.4) is 0 Å². The summed E-state index contributed by atoms with van der Waals surface area (Å²) < 4.78 is 12.8. The maximum absolute atomic E-state index is 12.8. The normalized spacial score (nSPS) is 10.5. The van der Waals surface area contributed by atoms with Crippen molar-refractivity contribution < 1.29 is 9.50 Å². The summed E-state index contributed by atoms with van der Waals surface area (Å²) in [6.07, 6.45) is 0.848.